The summed E-state index contributed by atoms with van der Waals surface area (Å²) in [6, 6.07) is 9.99. The van der Waals surface area contributed by atoms with Crippen molar-refractivity contribution in [1.82, 2.24) is 4.90 Å². The van der Waals surface area contributed by atoms with Gasteiger partial charge in [0.1, 0.15) is 11.3 Å². The van der Waals surface area contributed by atoms with Crippen LogP contribution in [0.3, 0.4) is 0 Å². The van der Waals surface area contributed by atoms with Gasteiger partial charge >= 0.3 is 0 Å². The van der Waals surface area contributed by atoms with E-state index in [0.717, 1.165) is 18.1 Å². The van der Waals surface area contributed by atoms with Crippen molar-refractivity contribution in [2.75, 3.05) is 14.2 Å². The van der Waals surface area contributed by atoms with Crippen LogP contribution in [0.4, 0.5) is 8.78 Å². The first-order valence-electron chi connectivity index (χ1n) is 7.33. The molecule has 122 valence electrons. The number of nitrogens with zero attached hydrogens (tertiary/aromatic N) is 1. The van der Waals surface area contributed by atoms with E-state index in [1.807, 2.05) is 24.3 Å². The van der Waals surface area contributed by atoms with Crippen molar-refractivity contribution in [3.05, 3.63) is 64.7 Å². The van der Waals surface area contributed by atoms with Gasteiger partial charge in [0.2, 0.25) is 0 Å². The van der Waals surface area contributed by atoms with E-state index in [4.69, 9.17) is 4.74 Å². The summed E-state index contributed by atoms with van der Waals surface area (Å²) in [6.07, 6.45) is 0.931. The van der Waals surface area contributed by atoms with Gasteiger partial charge in [0.15, 0.2) is 11.6 Å². The number of hydrogen-bond donors (Lipinski definition) is 0. The number of benzene rings is 2. The highest BCUT2D eigenvalue weighted by atomic mass is 19.2. The SMILES string of the molecule is CCc1ccc(CN(C)C(=O)c2c(OC)ccc(F)c2F)cc1. The van der Waals surface area contributed by atoms with Gasteiger partial charge in [0.05, 0.1) is 7.11 Å². The molecular weight excluding hydrogens is 300 g/mol. The Kier molecular flexibility index (Phi) is 5.32. The van der Waals surface area contributed by atoms with E-state index in [9.17, 15) is 13.6 Å². The number of hydrogen-bond acceptors (Lipinski definition) is 2. The van der Waals surface area contributed by atoms with E-state index in [1.54, 1.807) is 7.05 Å². The van der Waals surface area contributed by atoms with Crippen LogP contribution in [-0.4, -0.2) is 25.0 Å². The molecule has 0 unspecified atom stereocenters. The molecule has 0 spiro atoms. The number of carbonyl (C=O) groups is 1. The van der Waals surface area contributed by atoms with Crippen molar-refractivity contribution >= 4 is 5.91 Å². The summed E-state index contributed by atoms with van der Waals surface area (Å²) in [5.41, 5.74) is 1.72. The number of ether oxygens (including phenoxy) is 1. The normalized spacial score (nSPS) is 10.5. The lowest BCUT2D eigenvalue weighted by Gasteiger charge is -2.19. The fourth-order valence-electron chi connectivity index (χ4n) is 2.32. The summed E-state index contributed by atoms with van der Waals surface area (Å²) >= 11 is 0. The van der Waals surface area contributed by atoms with Crippen LogP contribution in [0.15, 0.2) is 36.4 Å². The van der Waals surface area contributed by atoms with Gasteiger partial charge in [-0.3, -0.25) is 4.79 Å². The third-order valence-electron chi connectivity index (χ3n) is 3.69. The molecule has 0 atom stereocenters. The molecule has 0 saturated heterocycles. The van der Waals surface area contributed by atoms with Crippen LogP contribution in [0, 0.1) is 11.6 Å². The number of halogens is 2. The molecule has 0 N–H and O–H groups in total. The van der Waals surface area contributed by atoms with Crippen molar-refractivity contribution in [2.45, 2.75) is 19.9 Å². The summed E-state index contributed by atoms with van der Waals surface area (Å²) in [5, 5.41) is 0. The van der Waals surface area contributed by atoms with Crippen LogP contribution >= 0.6 is 0 Å². The number of carbonyl (C=O) groups excluding carboxylic acids is 1. The lowest BCUT2D eigenvalue weighted by Crippen LogP contribution is -2.27. The van der Waals surface area contributed by atoms with Crippen molar-refractivity contribution in [3.63, 3.8) is 0 Å². The lowest BCUT2D eigenvalue weighted by atomic mass is 10.1. The molecule has 0 aliphatic rings. The molecule has 0 saturated carbocycles. The van der Waals surface area contributed by atoms with Crippen LogP contribution in [0.5, 0.6) is 5.75 Å². The van der Waals surface area contributed by atoms with E-state index in [1.165, 1.54) is 23.6 Å². The third-order valence-corrected chi connectivity index (χ3v) is 3.69. The Labute approximate surface area is 134 Å². The summed E-state index contributed by atoms with van der Waals surface area (Å²) in [7, 11) is 2.85. The molecule has 0 bridgehead atoms. The molecule has 0 aliphatic heterocycles. The molecule has 2 aromatic carbocycles. The fraction of sp³-hybridized carbons (Fsp3) is 0.278. The Morgan fingerprint density at radius 3 is 2.26 bits per heavy atom. The van der Waals surface area contributed by atoms with Gasteiger partial charge < -0.3 is 9.64 Å². The smallest absolute Gasteiger partial charge is 0.260 e. The van der Waals surface area contributed by atoms with Crippen LogP contribution < -0.4 is 4.74 Å². The molecule has 2 aromatic rings. The van der Waals surface area contributed by atoms with E-state index >= 15 is 0 Å². The molecule has 0 heterocycles. The quantitative estimate of drug-likeness (QED) is 0.839. The second kappa shape index (κ2) is 7.22. The highest BCUT2D eigenvalue weighted by Crippen LogP contribution is 2.25. The molecule has 5 heteroatoms. The Morgan fingerprint density at radius 1 is 1.09 bits per heavy atom. The summed E-state index contributed by atoms with van der Waals surface area (Å²) in [5.74, 6) is -2.88. The fourth-order valence-corrected chi connectivity index (χ4v) is 2.32. The maximum atomic E-state index is 14.0. The Balaban J connectivity index is 2.24. The van der Waals surface area contributed by atoms with E-state index < -0.39 is 17.5 Å². The lowest BCUT2D eigenvalue weighted by molar-refractivity contribution is 0.0775. The minimum absolute atomic E-state index is 0.0158. The summed E-state index contributed by atoms with van der Waals surface area (Å²) < 4.78 is 32.4. The van der Waals surface area contributed by atoms with Gasteiger partial charge in [-0.15, -0.1) is 0 Å². The van der Waals surface area contributed by atoms with Gasteiger partial charge in [0.25, 0.3) is 5.91 Å². The first kappa shape index (κ1) is 16.9. The summed E-state index contributed by atoms with van der Waals surface area (Å²) in [6.45, 7) is 2.35. The minimum atomic E-state index is -1.19. The van der Waals surface area contributed by atoms with E-state index in [0.29, 0.717) is 6.54 Å². The highest BCUT2D eigenvalue weighted by molar-refractivity contribution is 5.97. The van der Waals surface area contributed by atoms with Gasteiger partial charge in [-0.1, -0.05) is 31.2 Å². The number of methoxy groups -OCH3 is 1. The van der Waals surface area contributed by atoms with Gasteiger partial charge in [-0.25, -0.2) is 8.78 Å². The van der Waals surface area contributed by atoms with Crippen molar-refractivity contribution in [2.24, 2.45) is 0 Å². The topological polar surface area (TPSA) is 29.5 Å². The molecule has 23 heavy (non-hydrogen) atoms. The average molecular weight is 319 g/mol. The molecule has 0 fully saturated rings. The zero-order chi connectivity index (χ0) is 17.0. The second-order valence-corrected chi connectivity index (χ2v) is 5.27. The second-order valence-electron chi connectivity index (χ2n) is 5.27. The molecule has 3 nitrogen and oxygen atoms in total. The van der Waals surface area contributed by atoms with Crippen LogP contribution in [0.2, 0.25) is 0 Å². The Hall–Kier alpha value is -2.43. The van der Waals surface area contributed by atoms with Crippen molar-refractivity contribution in [3.8, 4) is 5.75 Å². The standard InChI is InChI=1S/C18H19F2NO2/c1-4-12-5-7-13(8-6-12)11-21(2)18(22)16-15(23-3)10-9-14(19)17(16)20/h5-10H,4,11H2,1-3H3. The first-order valence-corrected chi connectivity index (χ1v) is 7.33. The van der Waals surface area contributed by atoms with Gasteiger partial charge in [-0.2, -0.15) is 0 Å². The van der Waals surface area contributed by atoms with Crippen molar-refractivity contribution in [1.29, 1.82) is 0 Å². The van der Waals surface area contributed by atoms with Crippen LogP contribution in [-0.2, 0) is 13.0 Å². The van der Waals surface area contributed by atoms with Crippen LogP contribution in [0.1, 0.15) is 28.4 Å². The number of aryl methyl sites for hydroxylation is 1. The van der Waals surface area contributed by atoms with E-state index in [-0.39, 0.29) is 11.3 Å². The highest BCUT2D eigenvalue weighted by Gasteiger charge is 2.24. The monoisotopic (exact) mass is 319 g/mol. The Morgan fingerprint density at radius 2 is 1.70 bits per heavy atom. The molecule has 0 aromatic heterocycles. The molecule has 0 aliphatic carbocycles. The molecule has 2 rings (SSSR count). The predicted molar refractivity (Wildman–Crippen MR) is 84.5 cm³/mol. The first-order chi connectivity index (χ1) is 11.0. The van der Waals surface area contributed by atoms with Crippen molar-refractivity contribution < 1.29 is 18.3 Å². The van der Waals surface area contributed by atoms with Gasteiger partial charge in [-0.05, 0) is 29.7 Å². The largest absolute Gasteiger partial charge is 0.496 e. The predicted octanol–water partition coefficient (Wildman–Crippen LogP) is 3.81. The molecular formula is C18H19F2NO2. The van der Waals surface area contributed by atoms with E-state index in [2.05, 4.69) is 6.92 Å². The molecule has 0 radical (unpaired) electrons. The average Bonchev–Trinajstić information content (AvgIpc) is 2.57. The van der Waals surface area contributed by atoms with Crippen LogP contribution in [0.25, 0.3) is 0 Å². The Bertz CT molecular complexity index is 699. The molecule has 1 amide bonds. The zero-order valence-corrected chi connectivity index (χ0v) is 13.4. The number of amides is 1. The summed E-state index contributed by atoms with van der Waals surface area (Å²) in [4.78, 5) is 13.8. The third kappa shape index (κ3) is 3.67. The number of rotatable bonds is 5. The maximum Gasteiger partial charge on any atom is 0.260 e. The van der Waals surface area contributed by atoms with Gasteiger partial charge in [0, 0.05) is 13.6 Å². The minimum Gasteiger partial charge on any atom is -0.496 e. The zero-order valence-electron chi connectivity index (χ0n) is 13.4. The maximum absolute atomic E-state index is 14.0.